The van der Waals surface area contributed by atoms with Gasteiger partial charge in [0.1, 0.15) is 0 Å². The van der Waals surface area contributed by atoms with E-state index in [0.717, 1.165) is 11.7 Å². The maximum absolute atomic E-state index is 10.0. The minimum Gasteiger partial charge on any atom is -0.393 e. The van der Waals surface area contributed by atoms with Gasteiger partial charge in [-0.15, -0.1) is 0 Å². The molecule has 2 aliphatic rings. The second kappa shape index (κ2) is 4.20. The highest BCUT2D eigenvalue weighted by atomic mass is 32.2. The second-order valence-corrected chi connectivity index (χ2v) is 5.47. The zero-order chi connectivity index (χ0) is 9.26. The summed E-state index contributed by atoms with van der Waals surface area (Å²) in [5.74, 6) is 1.69. The Hall–Kier alpha value is 0.270. The zero-order valence-electron chi connectivity index (χ0n) is 8.20. The molecule has 0 spiro atoms. The molecule has 0 aromatic carbocycles. The highest BCUT2D eigenvalue weighted by Crippen LogP contribution is 2.40. The maximum Gasteiger partial charge on any atom is 0.0594 e. The summed E-state index contributed by atoms with van der Waals surface area (Å²) in [6.07, 6.45) is 4.79. The van der Waals surface area contributed by atoms with Crippen molar-refractivity contribution in [1.82, 2.24) is 5.32 Å². The molecule has 2 fully saturated rings. The summed E-state index contributed by atoms with van der Waals surface area (Å²) in [5.41, 5.74) is 0. The van der Waals surface area contributed by atoms with E-state index in [4.69, 9.17) is 0 Å². The summed E-state index contributed by atoms with van der Waals surface area (Å²) in [7, 11) is 2.02. The molecule has 1 saturated heterocycles. The molecule has 1 heterocycles. The van der Waals surface area contributed by atoms with Crippen LogP contribution in [0.25, 0.3) is 0 Å². The Morgan fingerprint density at radius 3 is 2.85 bits per heavy atom. The molecule has 2 N–H and O–H groups in total. The molecular formula is C10H19NOS. The maximum atomic E-state index is 10.0. The molecule has 0 unspecified atom stereocenters. The first-order valence-electron chi connectivity index (χ1n) is 5.30. The molecule has 2 rings (SSSR count). The molecule has 3 heteroatoms. The van der Waals surface area contributed by atoms with Crippen LogP contribution in [0.5, 0.6) is 0 Å². The van der Waals surface area contributed by atoms with Crippen LogP contribution in [0.4, 0.5) is 0 Å². The average molecular weight is 201 g/mol. The largest absolute Gasteiger partial charge is 0.393 e. The minimum absolute atomic E-state index is 0.0556. The van der Waals surface area contributed by atoms with Gasteiger partial charge in [-0.3, -0.25) is 0 Å². The fourth-order valence-corrected chi connectivity index (χ4v) is 4.44. The van der Waals surface area contributed by atoms with Gasteiger partial charge in [0.15, 0.2) is 0 Å². The Morgan fingerprint density at radius 1 is 1.31 bits per heavy atom. The van der Waals surface area contributed by atoms with E-state index in [-0.39, 0.29) is 6.10 Å². The van der Waals surface area contributed by atoms with Crippen molar-refractivity contribution in [2.45, 2.75) is 43.1 Å². The predicted octanol–water partition coefficient (Wildman–Crippen LogP) is 1.24. The van der Waals surface area contributed by atoms with Gasteiger partial charge >= 0.3 is 0 Å². The molecule has 0 aromatic heterocycles. The monoisotopic (exact) mass is 201 g/mol. The fraction of sp³-hybridized carbons (Fsp3) is 1.00. The molecular weight excluding hydrogens is 182 g/mol. The summed E-state index contributed by atoms with van der Waals surface area (Å²) in [6.45, 7) is 0. The van der Waals surface area contributed by atoms with Crippen LogP contribution in [0, 0.1) is 5.92 Å². The quantitative estimate of drug-likeness (QED) is 0.669. The Balaban J connectivity index is 2.08. The molecule has 1 aliphatic heterocycles. The molecule has 0 radical (unpaired) electrons. The summed E-state index contributed by atoms with van der Waals surface area (Å²) in [4.78, 5) is 0. The van der Waals surface area contributed by atoms with Crippen molar-refractivity contribution in [3.8, 4) is 0 Å². The first kappa shape index (κ1) is 9.81. The van der Waals surface area contributed by atoms with Gasteiger partial charge in [-0.05, 0) is 19.9 Å². The second-order valence-electron chi connectivity index (χ2n) is 4.20. The van der Waals surface area contributed by atoms with Gasteiger partial charge in [-0.1, -0.05) is 12.8 Å². The van der Waals surface area contributed by atoms with E-state index in [2.05, 4.69) is 17.1 Å². The summed E-state index contributed by atoms with van der Waals surface area (Å²) >= 11 is 2.05. The van der Waals surface area contributed by atoms with Gasteiger partial charge in [0.2, 0.25) is 0 Å². The van der Waals surface area contributed by atoms with E-state index in [1.54, 1.807) is 0 Å². The van der Waals surface area contributed by atoms with E-state index in [1.807, 2.05) is 7.05 Å². The molecule has 76 valence electrons. The van der Waals surface area contributed by atoms with Crippen molar-refractivity contribution in [1.29, 1.82) is 0 Å². The number of hydrogen-bond acceptors (Lipinski definition) is 3. The number of nitrogens with one attached hydrogen (secondary N) is 1. The number of thioether (sulfide) groups is 1. The molecule has 1 saturated carbocycles. The van der Waals surface area contributed by atoms with Crippen LogP contribution in [-0.4, -0.2) is 35.3 Å². The van der Waals surface area contributed by atoms with Crippen LogP contribution in [0.3, 0.4) is 0 Å². The van der Waals surface area contributed by atoms with Gasteiger partial charge in [-0.2, -0.15) is 11.8 Å². The Morgan fingerprint density at radius 2 is 2.08 bits per heavy atom. The molecule has 0 bridgehead atoms. The lowest BCUT2D eigenvalue weighted by atomic mass is 9.90. The van der Waals surface area contributed by atoms with Crippen molar-refractivity contribution >= 4 is 11.8 Å². The van der Waals surface area contributed by atoms with Crippen LogP contribution < -0.4 is 5.32 Å². The smallest absolute Gasteiger partial charge is 0.0594 e. The molecule has 0 amide bonds. The van der Waals surface area contributed by atoms with Gasteiger partial charge in [0.25, 0.3) is 0 Å². The van der Waals surface area contributed by atoms with Crippen molar-refractivity contribution in [2.75, 3.05) is 12.8 Å². The summed E-state index contributed by atoms with van der Waals surface area (Å²) < 4.78 is 0. The number of aliphatic hydroxyl groups is 1. The molecule has 13 heavy (non-hydrogen) atoms. The van der Waals surface area contributed by atoms with Gasteiger partial charge in [-0.25, -0.2) is 0 Å². The lowest BCUT2D eigenvalue weighted by Crippen LogP contribution is -2.41. The number of fused-ring (bicyclic) bond motifs is 1. The van der Waals surface area contributed by atoms with Gasteiger partial charge in [0.05, 0.1) is 6.10 Å². The molecule has 4 atom stereocenters. The first-order valence-corrected chi connectivity index (χ1v) is 6.34. The van der Waals surface area contributed by atoms with Crippen LogP contribution >= 0.6 is 11.8 Å². The Bertz CT molecular complexity index is 176. The highest BCUT2D eigenvalue weighted by Gasteiger charge is 2.40. The lowest BCUT2D eigenvalue weighted by molar-refractivity contribution is 0.0912. The highest BCUT2D eigenvalue weighted by molar-refractivity contribution is 8.00. The van der Waals surface area contributed by atoms with Crippen molar-refractivity contribution in [3.05, 3.63) is 0 Å². The summed E-state index contributed by atoms with van der Waals surface area (Å²) in [6, 6.07) is 0.545. The van der Waals surface area contributed by atoms with Crippen LogP contribution in [0.15, 0.2) is 0 Å². The topological polar surface area (TPSA) is 32.3 Å². The predicted molar refractivity (Wildman–Crippen MR) is 57.1 cm³/mol. The van der Waals surface area contributed by atoms with E-state index in [0.29, 0.717) is 12.0 Å². The van der Waals surface area contributed by atoms with Crippen LogP contribution in [0.2, 0.25) is 0 Å². The van der Waals surface area contributed by atoms with Gasteiger partial charge < -0.3 is 10.4 Å². The first-order chi connectivity index (χ1) is 6.33. The third-order valence-electron chi connectivity index (χ3n) is 3.44. The standard InChI is InChI=1S/C10H19NOS/c1-11-7-6-13-9-5-3-2-4-8(12)10(7)9/h7-12H,2-6H2,1H3/t7-,8+,9+,10-/m1/s1. The lowest BCUT2D eigenvalue weighted by Gasteiger charge is -2.25. The van der Waals surface area contributed by atoms with E-state index >= 15 is 0 Å². The number of hydrogen-bond donors (Lipinski definition) is 2. The number of aliphatic hydroxyl groups excluding tert-OH is 1. The Labute approximate surface area is 84.5 Å². The van der Waals surface area contributed by atoms with E-state index < -0.39 is 0 Å². The molecule has 0 aromatic rings. The van der Waals surface area contributed by atoms with Crippen molar-refractivity contribution < 1.29 is 5.11 Å². The van der Waals surface area contributed by atoms with E-state index in [1.165, 1.54) is 25.0 Å². The summed E-state index contributed by atoms with van der Waals surface area (Å²) in [5, 5.41) is 14.1. The van der Waals surface area contributed by atoms with Gasteiger partial charge in [0, 0.05) is 23.0 Å². The Kier molecular flexibility index (Phi) is 3.17. The third kappa shape index (κ3) is 1.88. The fourth-order valence-electron chi connectivity index (χ4n) is 2.67. The third-order valence-corrected chi connectivity index (χ3v) is 4.97. The SMILES string of the molecule is CN[C@@H]1CS[C@H]2CCCC[C@H](O)[C@H]21. The van der Waals surface area contributed by atoms with Crippen molar-refractivity contribution in [3.63, 3.8) is 0 Å². The zero-order valence-corrected chi connectivity index (χ0v) is 9.02. The number of rotatable bonds is 1. The molecule has 1 aliphatic carbocycles. The minimum atomic E-state index is -0.0556. The van der Waals surface area contributed by atoms with Crippen LogP contribution in [0.1, 0.15) is 25.7 Å². The van der Waals surface area contributed by atoms with E-state index in [9.17, 15) is 5.11 Å². The van der Waals surface area contributed by atoms with Crippen molar-refractivity contribution in [2.24, 2.45) is 5.92 Å². The van der Waals surface area contributed by atoms with Crippen LogP contribution in [-0.2, 0) is 0 Å². The normalized spacial score (nSPS) is 45.7. The average Bonchev–Trinajstić information content (AvgIpc) is 2.47. The molecule has 2 nitrogen and oxygen atoms in total.